The fraction of sp³-hybridized carbons (Fsp3) is 0. The largest absolute Gasteiger partial charge is 0.321 e. The fourth-order valence-corrected chi connectivity index (χ4v) is 1.20. The normalized spacial score (nSPS) is 9.75. The zero-order valence-electron chi connectivity index (χ0n) is 8.33. The number of amides is 1. The van der Waals surface area contributed by atoms with Crippen molar-refractivity contribution in [3.05, 3.63) is 49.1 Å². The Morgan fingerprint density at radius 1 is 1.19 bits per heavy atom. The lowest BCUT2D eigenvalue weighted by Gasteiger charge is -2.03. The van der Waals surface area contributed by atoms with Crippen molar-refractivity contribution in [2.75, 3.05) is 5.32 Å². The van der Waals surface area contributed by atoms with E-state index in [2.05, 4.69) is 10.3 Å². The van der Waals surface area contributed by atoms with Crippen LogP contribution in [0.5, 0.6) is 0 Å². The number of para-hydroxylation sites is 1. The first-order valence-electron chi connectivity index (χ1n) is 4.66. The van der Waals surface area contributed by atoms with E-state index < -0.39 is 11.8 Å². The minimum absolute atomic E-state index is 0.584. The van der Waals surface area contributed by atoms with Crippen molar-refractivity contribution in [3.63, 3.8) is 0 Å². The molecule has 16 heavy (non-hydrogen) atoms. The molecule has 1 amide bonds. The van der Waals surface area contributed by atoms with Gasteiger partial charge in [-0.3, -0.25) is 14.2 Å². The number of carbonyl (C=O) groups is 2. The van der Waals surface area contributed by atoms with E-state index in [-0.39, 0.29) is 0 Å². The van der Waals surface area contributed by atoms with Gasteiger partial charge in [-0.25, -0.2) is 4.98 Å². The van der Waals surface area contributed by atoms with Crippen LogP contribution in [0.25, 0.3) is 0 Å². The summed E-state index contributed by atoms with van der Waals surface area (Å²) in [5.41, 5.74) is 0.584. The van der Waals surface area contributed by atoms with Crippen LogP contribution in [0.3, 0.4) is 0 Å². The summed E-state index contributed by atoms with van der Waals surface area (Å²) < 4.78 is 1.12. The van der Waals surface area contributed by atoms with Gasteiger partial charge in [-0.05, 0) is 12.1 Å². The van der Waals surface area contributed by atoms with Crippen LogP contribution >= 0.6 is 0 Å². The Labute approximate surface area is 91.7 Å². The molecule has 0 aliphatic rings. The van der Waals surface area contributed by atoms with E-state index >= 15 is 0 Å². The molecule has 1 heterocycles. The number of anilines is 1. The third-order valence-electron chi connectivity index (χ3n) is 1.96. The predicted octanol–water partition coefficient (Wildman–Crippen LogP) is 1.16. The molecule has 1 aromatic carbocycles. The topological polar surface area (TPSA) is 64.0 Å². The van der Waals surface area contributed by atoms with Crippen LogP contribution in [0.15, 0.2) is 49.1 Å². The van der Waals surface area contributed by atoms with Gasteiger partial charge in [0.1, 0.15) is 6.33 Å². The number of carbonyl (C=O) groups excluding carboxylic acids is 2. The molecule has 5 nitrogen and oxygen atoms in total. The maximum Gasteiger partial charge on any atom is 0.321 e. The summed E-state index contributed by atoms with van der Waals surface area (Å²) in [7, 11) is 0. The molecular formula is C11H9N3O2. The van der Waals surface area contributed by atoms with Gasteiger partial charge in [0, 0.05) is 18.1 Å². The molecule has 2 rings (SSSR count). The van der Waals surface area contributed by atoms with Crippen LogP contribution in [0, 0.1) is 0 Å². The smallest absolute Gasteiger partial charge is 0.318 e. The molecule has 0 aliphatic carbocycles. The average Bonchev–Trinajstić information content (AvgIpc) is 2.83. The van der Waals surface area contributed by atoms with Gasteiger partial charge in [0.15, 0.2) is 0 Å². The molecule has 80 valence electrons. The van der Waals surface area contributed by atoms with E-state index in [1.54, 1.807) is 24.3 Å². The quantitative estimate of drug-likeness (QED) is 0.726. The van der Waals surface area contributed by atoms with Crippen LogP contribution in [0.2, 0.25) is 0 Å². The standard InChI is InChI=1S/C11H9N3O2/c15-10(11(16)14-7-6-12-8-14)13-9-4-2-1-3-5-9/h1-8H,(H,13,15). The van der Waals surface area contributed by atoms with Crippen molar-refractivity contribution in [2.45, 2.75) is 0 Å². The highest BCUT2D eigenvalue weighted by atomic mass is 16.2. The highest BCUT2D eigenvalue weighted by molar-refractivity contribution is 6.40. The Hall–Kier alpha value is -2.43. The summed E-state index contributed by atoms with van der Waals surface area (Å²) >= 11 is 0. The molecule has 0 aliphatic heterocycles. The molecule has 1 aromatic heterocycles. The van der Waals surface area contributed by atoms with Crippen LogP contribution in [0.1, 0.15) is 4.79 Å². The number of benzene rings is 1. The lowest BCUT2D eigenvalue weighted by Crippen LogP contribution is -2.27. The fourth-order valence-electron chi connectivity index (χ4n) is 1.20. The summed E-state index contributed by atoms with van der Waals surface area (Å²) in [6, 6.07) is 8.79. The summed E-state index contributed by atoms with van der Waals surface area (Å²) in [6.45, 7) is 0. The van der Waals surface area contributed by atoms with E-state index in [0.717, 1.165) is 4.57 Å². The molecule has 1 N–H and O–H groups in total. The second-order valence-corrected chi connectivity index (χ2v) is 3.10. The number of nitrogens with zero attached hydrogens (tertiary/aromatic N) is 2. The Bertz CT molecular complexity index is 491. The second-order valence-electron chi connectivity index (χ2n) is 3.10. The maximum absolute atomic E-state index is 11.5. The van der Waals surface area contributed by atoms with Crippen molar-refractivity contribution in [3.8, 4) is 0 Å². The minimum atomic E-state index is -0.691. The van der Waals surface area contributed by atoms with Gasteiger partial charge in [0.25, 0.3) is 0 Å². The van der Waals surface area contributed by atoms with Gasteiger partial charge < -0.3 is 5.32 Å². The lowest BCUT2D eigenvalue weighted by molar-refractivity contribution is -0.112. The van der Waals surface area contributed by atoms with Crippen molar-refractivity contribution < 1.29 is 9.59 Å². The third kappa shape index (κ3) is 2.14. The van der Waals surface area contributed by atoms with Crippen LogP contribution in [0.4, 0.5) is 5.69 Å². The van der Waals surface area contributed by atoms with Crippen LogP contribution < -0.4 is 5.32 Å². The van der Waals surface area contributed by atoms with Crippen LogP contribution in [-0.2, 0) is 4.79 Å². The first-order chi connectivity index (χ1) is 7.77. The molecule has 0 fully saturated rings. The molecule has 0 atom stereocenters. The predicted molar refractivity (Wildman–Crippen MR) is 57.9 cm³/mol. The molecule has 0 saturated carbocycles. The summed E-state index contributed by atoms with van der Waals surface area (Å²) in [4.78, 5) is 26.7. The van der Waals surface area contributed by atoms with E-state index in [4.69, 9.17) is 0 Å². The Morgan fingerprint density at radius 3 is 2.56 bits per heavy atom. The zero-order valence-corrected chi connectivity index (χ0v) is 8.33. The number of imidazole rings is 1. The van der Waals surface area contributed by atoms with Crippen molar-refractivity contribution in [2.24, 2.45) is 0 Å². The Balaban J connectivity index is 2.07. The monoisotopic (exact) mass is 215 g/mol. The molecular weight excluding hydrogens is 206 g/mol. The summed E-state index contributed by atoms with van der Waals surface area (Å²) in [6.07, 6.45) is 4.15. The molecule has 2 aromatic rings. The SMILES string of the molecule is O=C(Nc1ccccc1)C(=O)n1ccnc1. The molecule has 0 radical (unpaired) electrons. The highest BCUT2D eigenvalue weighted by Crippen LogP contribution is 2.04. The van der Waals surface area contributed by atoms with Gasteiger partial charge in [0.05, 0.1) is 0 Å². The van der Waals surface area contributed by atoms with E-state index in [1.807, 2.05) is 6.07 Å². The molecule has 0 spiro atoms. The molecule has 5 heteroatoms. The first kappa shape index (κ1) is 10.1. The van der Waals surface area contributed by atoms with Crippen molar-refractivity contribution in [1.29, 1.82) is 0 Å². The van der Waals surface area contributed by atoms with Gasteiger partial charge in [-0.2, -0.15) is 0 Å². The minimum Gasteiger partial charge on any atom is -0.318 e. The van der Waals surface area contributed by atoms with Crippen molar-refractivity contribution in [1.82, 2.24) is 9.55 Å². The Kier molecular flexibility index (Phi) is 2.77. The van der Waals surface area contributed by atoms with Gasteiger partial charge in [-0.15, -0.1) is 0 Å². The van der Waals surface area contributed by atoms with E-state index in [0.29, 0.717) is 5.69 Å². The third-order valence-corrected chi connectivity index (χ3v) is 1.96. The van der Waals surface area contributed by atoms with Gasteiger partial charge in [0.2, 0.25) is 0 Å². The van der Waals surface area contributed by atoms with E-state index in [9.17, 15) is 9.59 Å². The zero-order chi connectivity index (χ0) is 11.4. The molecule has 0 saturated heterocycles. The van der Waals surface area contributed by atoms with Gasteiger partial charge >= 0.3 is 11.8 Å². The molecule has 0 bridgehead atoms. The summed E-state index contributed by atoms with van der Waals surface area (Å²) in [5, 5.41) is 2.49. The first-order valence-corrected chi connectivity index (χ1v) is 4.66. The Morgan fingerprint density at radius 2 is 1.94 bits per heavy atom. The second kappa shape index (κ2) is 4.39. The summed E-state index contributed by atoms with van der Waals surface area (Å²) in [5.74, 6) is -1.36. The number of hydrogen-bond donors (Lipinski definition) is 1. The number of nitrogens with one attached hydrogen (secondary N) is 1. The number of aromatic nitrogens is 2. The average molecular weight is 215 g/mol. The van der Waals surface area contributed by atoms with Gasteiger partial charge in [-0.1, -0.05) is 18.2 Å². The van der Waals surface area contributed by atoms with Crippen molar-refractivity contribution >= 4 is 17.5 Å². The number of hydrogen-bond acceptors (Lipinski definition) is 3. The number of rotatable bonds is 1. The highest BCUT2D eigenvalue weighted by Gasteiger charge is 2.14. The lowest BCUT2D eigenvalue weighted by atomic mass is 10.3. The van der Waals surface area contributed by atoms with Crippen LogP contribution in [-0.4, -0.2) is 21.4 Å². The van der Waals surface area contributed by atoms with E-state index in [1.165, 1.54) is 18.7 Å². The maximum atomic E-state index is 11.5. The molecule has 0 unspecified atom stereocenters.